The smallest absolute Gasteiger partial charge is 0.378 e. The zero-order chi connectivity index (χ0) is 19.9. The molecule has 1 heterocycles. The van der Waals surface area contributed by atoms with Gasteiger partial charge >= 0.3 is 7.75 Å². The van der Waals surface area contributed by atoms with Crippen LogP contribution in [-0.4, -0.2) is 39.5 Å². The number of hydrogen-bond donors (Lipinski definition) is 1. The van der Waals surface area contributed by atoms with Crippen LogP contribution in [0.5, 0.6) is 0 Å². The van der Waals surface area contributed by atoms with Crippen molar-refractivity contribution in [2.45, 2.75) is 52.9 Å². The van der Waals surface area contributed by atoms with Crippen molar-refractivity contribution in [3.63, 3.8) is 0 Å². The fraction of sp³-hybridized carbons (Fsp3) is 0.700. The van der Waals surface area contributed by atoms with Gasteiger partial charge < -0.3 is 9.64 Å². The van der Waals surface area contributed by atoms with Gasteiger partial charge in [0.05, 0.1) is 37.8 Å². The first-order valence-electron chi connectivity index (χ1n) is 9.93. The van der Waals surface area contributed by atoms with Crippen molar-refractivity contribution in [3.8, 4) is 0 Å². The largest absolute Gasteiger partial charge is 0.432 e. The molecule has 1 aromatic carbocycles. The standard InChI is InChI=1S/C20H35N2O4P/c1-6-12-25-27(23,26-13-7-2)21-18-16-17(20(3,4)5)8-9-19(18)22-10-14-24-15-11-22/h8-9,16H,6-7,10-15H2,1-5H3,(H,21,23). The zero-order valence-electron chi connectivity index (χ0n) is 17.4. The van der Waals surface area contributed by atoms with E-state index in [1.807, 2.05) is 13.8 Å². The number of benzene rings is 1. The number of hydrogen-bond acceptors (Lipinski definition) is 5. The van der Waals surface area contributed by atoms with Crippen LogP contribution >= 0.6 is 7.75 Å². The Labute approximate surface area is 164 Å². The fourth-order valence-corrected chi connectivity index (χ4v) is 4.37. The van der Waals surface area contributed by atoms with Gasteiger partial charge in [-0.05, 0) is 36.0 Å². The summed E-state index contributed by atoms with van der Waals surface area (Å²) in [4.78, 5) is 2.25. The number of nitrogens with one attached hydrogen (secondary N) is 1. The molecule has 1 aliphatic heterocycles. The number of nitrogens with zero attached hydrogens (tertiary/aromatic N) is 1. The van der Waals surface area contributed by atoms with E-state index in [0.29, 0.717) is 26.4 Å². The maximum atomic E-state index is 13.3. The maximum Gasteiger partial charge on any atom is 0.432 e. The van der Waals surface area contributed by atoms with Gasteiger partial charge in [-0.2, -0.15) is 0 Å². The molecule has 7 heteroatoms. The van der Waals surface area contributed by atoms with E-state index < -0.39 is 7.75 Å². The summed E-state index contributed by atoms with van der Waals surface area (Å²) >= 11 is 0. The van der Waals surface area contributed by atoms with Crippen LogP contribution in [0.1, 0.15) is 53.0 Å². The first kappa shape index (κ1) is 22.2. The first-order valence-corrected chi connectivity index (χ1v) is 11.5. The van der Waals surface area contributed by atoms with Gasteiger partial charge in [0, 0.05) is 13.1 Å². The Morgan fingerprint density at radius 1 is 1.11 bits per heavy atom. The molecular weight excluding hydrogens is 363 g/mol. The molecule has 6 nitrogen and oxygen atoms in total. The molecule has 27 heavy (non-hydrogen) atoms. The Kier molecular flexibility index (Phi) is 8.17. The monoisotopic (exact) mass is 398 g/mol. The molecule has 0 aromatic heterocycles. The van der Waals surface area contributed by atoms with Gasteiger partial charge in [0.1, 0.15) is 0 Å². The first-order chi connectivity index (χ1) is 12.8. The molecule has 2 rings (SSSR count). The van der Waals surface area contributed by atoms with Gasteiger partial charge in [-0.3, -0.25) is 14.1 Å². The molecule has 1 saturated heterocycles. The van der Waals surface area contributed by atoms with Crippen molar-refractivity contribution < 1.29 is 18.3 Å². The Balaban J connectivity index is 2.37. The molecule has 0 unspecified atom stereocenters. The molecule has 0 amide bonds. The van der Waals surface area contributed by atoms with Crippen LogP contribution in [0.4, 0.5) is 11.4 Å². The third-order valence-electron chi connectivity index (χ3n) is 4.40. The van der Waals surface area contributed by atoms with E-state index in [4.69, 9.17) is 13.8 Å². The van der Waals surface area contributed by atoms with Gasteiger partial charge in [-0.25, -0.2) is 4.57 Å². The number of morpholine rings is 1. The minimum atomic E-state index is -3.43. The van der Waals surface area contributed by atoms with Gasteiger partial charge in [-0.15, -0.1) is 0 Å². The number of rotatable bonds is 9. The molecule has 1 fully saturated rings. The molecule has 0 spiro atoms. The van der Waals surface area contributed by atoms with Crippen molar-refractivity contribution in [2.24, 2.45) is 0 Å². The van der Waals surface area contributed by atoms with E-state index >= 15 is 0 Å². The summed E-state index contributed by atoms with van der Waals surface area (Å²) in [5.41, 5.74) is 2.95. The molecule has 0 atom stereocenters. The average molecular weight is 398 g/mol. The lowest BCUT2D eigenvalue weighted by Gasteiger charge is -2.32. The molecular formula is C20H35N2O4P. The normalized spacial score (nSPS) is 15.8. The van der Waals surface area contributed by atoms with Crippen LogP contribution in [0.2, 0.25) is 0 Å². The van der Waals surface area contributed by atoms with Crippen molar-refractivity contribution in [2.75, 3.05) is 49.5 Å². The predicted octanol–water partition coefficient (Wildman–Crippen LogP) is 5.19. The van der Waals surface area contributed by atoms with E-state index in [-0.39, 0.29) is 5.41 Å². The van der Waals surface area contributed by atoms with E-state index in [2.05, 4.69) is 49.0 Å². The lowest BCUT2D eigenvalue weighted by Crippen LogP contribution is -2.36. The predicted molar refractivity (Wildman–Crippen MR) is 112 cm³/mol. The van der Waals surface area contributed by atoms with Crippen molar-refractivity contribution in [3.05, 3.63) is 23.8 Å². The van der Waals surface area contributed by atoms with E-state index in [0.717, 1.165) is 37.3 Å². The Morgan fingerprint density at radius 3 is 2.22 bits per heavy atom. The maximum absolute atomic E-state index is 13.3. The van der Waals surface area contributed by atoms with E-state index in [9.17, 15) is 4.57 Å². The van der Waals surface area contributed by atoms with Crippen LogP contribution in [0.15, 0.2) is 18.2 Å². The van der Waals surface area contributed by atoms with Gasteiger partial charge in [0.15, 0.2) is 0 Å². The van der Waals surface area contributed by atoms with E-state index in [1.165, 1.54) is 5.56 Å². The molecule has 1 aromatic rings. The summed E-state index contributed by atoms with van der Waals surface area (Å²) in [5.74, 6) is 0. The average Bonchev–Trinajstić information content (AvgIpc) is 2.65. The summed E-state index contributed by atoms with van der Waals surface area (Å²) in [6.07, 6.45) is 1.55. The fourth-order valence-electron chi connectivity index (χ4n) is 2.84. The van der Waals surface area contributed by atoms with Gasteiger partial charge in [0.2, 0.25) is 0 Å². The molecule has 1 aliphatic rings. The van der Waals surface area contributed by atoms with Crippen molar-refractivity contribution in [1.29, 1.82) is 0 Å². The Morgan fingerprint density at radius 2 is 1.70 bits per heavy atom. The Bertz CT molecular complexity index is 627. The number of anilines is 2. The summed E-state index contributed by atoms with van der Waals surface area (Å²) in [5, 5.41) is 3.13. The Hall–Kier alpha value is -1.07. The highest BCUT2D eigenvalue weighted by Gasteiger charge is 2.28. The van der Waals surface area contributed by atoms with E-state index in [1.54, 1.807) is 0 Å². The molecule has 0 radical (unpaired) electrons. The quantitative estimate of drug-likeness (QED) is 0.578. The highest BCUT2D eigenvalue weighted by Crippen LogP contribution is 2.50. The molecule has 154 valence electrons. The van der Waals surface area contributed by atoms with Crippen molar-refractivity contribution >= 4 is 19.1 Å². The van der Waals surface area contributed by atoms with Gasteiger partial charge in [-0.1, -0.05) is 40.7 Å². The highest BCUT2D eigenvalue weighted by atomic mass is 31.2. The lowest BCUT2D eigenvalue weighted by atomic mass is 9.86. The minimum Gasteiger partial charge on any atom is -0.378 e. The minimum absolute atomic E-state index is 0.0154. The van der Waals surface area contributed by atoms with Crippen LogP contribution in [-0.2, 0) is 23.8 Å². The topological polar surface area (TPSA) is 60.0 Å². The second-order valence-electron chi connectivity index (χ2n) is 7.86. The van der Waals surface area contributed by atoms with Crippen LogP contribution in [0.25, 0.3) is 0 Å². The zero-order valence-corrected chi connectivity index (χ0v) is 18.3. The summed E-state index contributed by atoms with van der Waals surface area (Å²) < 4.78 is 30.0. The summed E-state index contributed by atoms with van der Waals surface area (Å²) in [6.45, 7) is 14.3. The molecule has 1 N–H and O–H groups in total. The molecule has 0 bridgehead atoms. The third kappa shape index (κ3) is 6.49. The summed E-state index contributed by atoms with van der Waals surface area (Å²) in [7, 11) is -3.43. The van der Waals surface area contributed by atoms with Crippen molar-refractivity contribution in [1.82, 2.24) is 0 Å². The SMILES string of the molecule is CCCOP(=O)(Nc1cc(C(C)(C)C)ccc1N1CCOCC1)OCCC. The second kappa shape index (κ2) is 9.92. The van der Waals surface area contributed by atoms with Crippen LogP contribution in [0, 0.1) is 0 Å². The number of ether oxygens (including phenoxy) is 1. The third-order valence-corrected chi connectivity index (χ3v) is 5.96. The van der Waals surface area contributed by atoms with Crippen LogP contribution < -0.4 is 9.99 Å². The van der Waals surface area contributed by atoms with Crippen LogP contribution in [0.3, 0.4) is 0 Å². The summed E-state index contributed by atoms with van der Waals surface area (Å²) in [6, 6.07) is 6.31. The van der Waals surface area contributed by atoms with Gasteiger partial charge in [0.25, 0.3) is 0 Å². The second-order valence-corrected chi connectivity index (χ2v) is 9.59. The molecule has 0 aliphatic carbocycles. The highest BCUT2D eigenvalue weighted by molar-refractivity contribution is 7.55. The lowest BCUT2D eigenvalue weighted by molar-refractivity contribution is 0.123. The molecule has 0 saturated carbocycles.